The summed E-state index contributed by atoms with van der Waals surface area (Å²) in [5.74, 6) is 0. The van der Waals surface area contributed by atoms with Crippen LogP contribution in [0.3, 0.4) is 0 Å². The van der Waals surface area contributed by atoms with Crippen LogP contribution < -0.4 is 10.5 Å². The molecule has 1 rings (SSSR count). The lowest BCUT2D eigenvalue weighted by Crippen LogP contribution is -2.24. The molecule has 0 saturated carbocycles. The molecule has 0 aliphatic heterocycles. The summed E-state index contributed by atoms with van der Waals surface area (Å²) in [7, 11) is -3.60. The monoisotopic (exact) mass is 268 g/mol. The summed E-state index contributed by atoms with van der Waals surface area (Å²) in [6, 6.07) is 2.55. The Morgan fingerprint density at radius 2 is 1.87 bits per heavy atom. The molecule has 0 aliphatic rings. The highest BCUT2D eigenvalue weighted by Gasteiger charge is 2.18. The van der Waals surface area contributed by atoms with Crippen LogP contribution in [0.2, 0.25) is 10.0 Å². The minimum atomic E-state index is -3.60. The predicted octanol–water partition coefficient (Wildman–Crippen LogP) is 1.87. The Balaban J connectivity index is 3.33. The zero-order valence-corrected chi connectivity index (χ0v) is 10.2. The Kier molecular flexibility index (Phi) is 3.83. The molecule has 0 aliphatic carbocycles. The summed E-state index contributed by atoms with van der Waals surface area (Å²) in [5.41, 5.74) is 5.62. The van der Waals surface area contributed by atoms with Crippen LogP contribution in [0.4, 0.5) is 5.69 Å². The van der Waals surface area contributed by atoms with Gasteiger partial charge in [-0.05, 0) is 12.1 Å². The van der Waals surface area contributed by atoms with Gasteiger partial charge in [-0.1, -0.05) is 30.1 Å². The quantitative estimate of drug-likeness (QED) is 0.823. The summed E-state index contributed by atoms with van der Waals surface area (Å²) in [4.78, 5) is -0.0567. The Hall–Kier alpha value is -0.490. The average Bonchev–Trinajstić information content (AvgIpc) is 2.11. The van der Waals surface area contributed by atoms with Gasteiger partial charge in [-0.15, -0.1) is 0 Å². The molecule has 0 atom stereocenters. The Morgan fingerprint density at radius 1 is 1.33 bits per heavy atom. The lowest BCUT2D eigenvalue weighted by molar-refractivity contribution is 0.584. The van der Waals surface area contributed by atoms with E-state index in [-0.39, 0.29) is 27.2 Å². The number of rotatable bonds is 3. The number of anilines is 1. The summed E-state index contributed by atoms with van der Waals surface area (Å²) in [6.07, 6.45) is 0. The maximum absolute atomic E-state index is 11.6. The molecule has 3 N–H and O–H groups in total. The highest BCUT2D eigenvalue weighted by atomic mass is 35.5. The van der Waals surface area contributed by atoms with Crippen LogP contribution in [0.15, 0.2) is 17.0 Å². The van der Waals surface area contributed by atoms with Gasteiger partial charge in [-0.25, -0.2) is 13.1 Å². The molecule has 0 saturated heterocycles. The van der Waals surface area contributed by atoms with Crippen LogP contribution in [0, 0.1) is 0 Å². The van der Waals surface area contributed by atoms with Gasteiger partial charge in [0.1, 0.15) is 4.90 Å². The second-order valence-corrected chi connectivity index (χ2v) is 5.36. The minimum absolute atomic E-state index is 0.0567. The van der Waals surface area contributed by atoms with Gasteiger partial charge < -0.3 is 5.73 Å². The minimum Gasteiger partial charge on any atom is -0.398 e. The second-order valence-electron chi connectivity index (χ2n) is 2.81. The van der Waals surface area contributed by atoms with Crippen molar-refractivity contribution in [3.8, 4) is 0 Å². The Labute approximate surface area is 98.4 Å². The first-order valence-electron chi connectivity index (χ1n) is 4.12. The van der Waals surface area contributed by atoms with Crippen molar-refractivity contribution in [1.29, 1.82) is 0 Å². The normalized spacial score (nSPS) is 11.7. The zero-order chi connectivity index (χ0) is 11.6. The smallest absolute Gasteiger partial charge is 0.242 e. The summed E-state index contributed by atoms with van der Waals surface area (Å²) >= 11 is 11.4. The molecule has 15 heavy (non-hydrogen) atoms. The molecule has 0 bridgehead atoms. The fourth-order valence-corrected chi connectivity index (χ4v) is 2.62. The number of hydrogen-bond donors (Lipinski definition) is 2. The van der Waals surface area contributed by atoms with Crippen molar-refractivity contribution >= 4 is 38.9 Å². The molecule has 0 heterocycles. The highest BCUT2D eigenvalue weighted by Crippen LogP contribution is 2.29. The number of nitrogen functional groups attached to an aromatic ring is 1. The molecule has 4 nitrogen and oxygen atoms in total. The summed E-state index contributed by atoms with van der Waals surface area (Å²) < 4.78 is 25.6. The largest absolute Gasteiger partial charge is 0.398 e. The van der Waals surface area contributed by atoms with E-state index < -0.39 is 10.0 Å². The summed E-state index contributed by atoms with van der Waals surface area (Å²) in [6.45, 7) is 1.95. The van der Waals surface area contributed by atoms with E-state index in [1.54, 1.807) is 6.92 Å². The van der Waals surface area contributed by atoms with Gasteiger partial charge in [0.25, 0.3) is 0 Å². The Morgan fingerprint density at radius 3 is 2.40 bits per heavy atom. The fourth-order valence-electron chi connectivity index (χ4n) is 1.04. The molecule has 1 aromatic carbocycles. The van der Waals surface area contributed by atoms with Crippen molar-refractivity contribution in [1.82, 2.24) is 4.72 Å². The van der Waals surface area contributed by atoms with Gasteiger partial charge in [-0.3, -0.25) is 0 Å². The maximum Gasteiger partial charge on any atom is 0.242 e. The predicted molar refractivity (Wildman–Crippen MR) is 61.7 cm³/mol. The van der Waals surface area contributed by atoms with Crippen molar-refractivity contribution in [2.24, 2.45) is 0 Å². The molecular weight excluding hydrogens is 259 g/mol. The third-order valence-electron chi connectivity index (χ3n) is 1.68. The van der Waals surface area contributed by atoms with E-state index in [1.165, 1.54) is 12.1 Å². The maximum atomic E-state index is 11.6. The van der Waals surface area contributed by atoms with Gasteiger partial charge in [0.15, 0.2) is 0 Å². The van der Waals surface area contributed by atoms with E-state index in [1.807, 2.05) is 0 Å². The average molecular weight is 269 g/mol. The van der Waals surface area contributed by atoms with Crippen LogP contribution in [0.5, 0.6) is 0 Å². The van der Waals surface area contributed by atoms with Crippen molar-refractivity contribution in [2.45, 2.75) is 11.8 Å². The molecule has 7 heteroatoms. The van der Waals surface area contributed by atoms with Crippen LogP contribution in [0.25, 0.3) is 0 Å². The van der Waals surface area contributed by atoms with Crippen molar-refractivity contribution in [3.05, 3.63) is 22.2 Å². The molecule has 0 unspecified atom stereocenters. The van der Waals surface area contributed by atoms with Crippen LogP contribution in [0.1, 0.15) is 6.92 Å². The lowest BCUT2D eigenvalue weighted by atomic mass is 10.3. The Bertz CT molecular complexity index is 474. The molecule has 0 fully saturated rings. The second kappa shape index (κ2) is 4.57. The lowest BCUT2D eigenvalue weighted by Gasteiger charge is -2.08. The topological polar surface area (TPSA) is 72.2 Å². The van der Waals surface area contributed by atoms with E-state index in [2.05, 4.69) is 4.72 Å². The van der Waals surface area contributed by atoms with E-state index in [0.29, 0.717) is 0 Å². The van der Waals surface area contributed by atoms with Crippen molar-refractivity contribution in [3.63, 3.8) is 0 Å². The number of halogens is 2. The number of benzene rings is 1. The van der Waals surface area contributed by atoms with Crippen molar-refractivity contribution < 1.29 is 8.42 Å². The first kappa shape index (κ1) is 12.6. The van der Waals surface area contributed by atoms with Crippen LogP contribution in [-0.4, -0.2) is 15.0 Å². The molecule has 0 radical (unpaired) electrons. The van der Waals surface area contributed by atoms with E-state index in [9.17, 15) is 8.42 Å². The van der Waals surface area contributed by atoms with Gasteiger partial charge in [0.2, 0.25) is 10.0 Å². The number of nitrogens with one attached hydrogen (secondary N) is 1. The van der Waals surface area contributed by atoms with Crippen molar-refractivity contribution in [2.75, 3.05) is 12.3 Å². The molecule has 1 aromatic rings. The van der Waals surface area contributed by atoms with Gasteiger partial charge in [-0.2, -0.15) is 0 Å². The van der Waals surface area contributed by atoms with Gasteiger partial charge >= 0.3 is 0 Å². The molecule has 0 amide bonds. The molecule has 84 valence electrons. The van der Waals surface area contributed by atoms with Crippen LogP contribution in [-0.2, 0) is 10.0 Å². The zero-order valence-electron chi connectivity index (χ0n) is 7.92. The third kappa shape index (κ3) is 2.75. The number of nitrogens with two attached hydrogens (primary N) is 1. The molecule has 0 spiro atoms. The molecular formula is C8H10Cl2N2O2S. The van der Waals surface area contributed by atoms with Gasteiger partial charge in [0.05, 0.1) is 15.7 Å². The third-order valence-corrected chi connectivity index (χ3v) is 4.00. The standard InChI is InChI=1S/C8H10Cl2N2O2S/c1-2-12-15(13,14)8-4-6(10)5(9)3-7(8)11/h3-4,12H,2,11H2,1H3. The summed E-state index contributed by atoms with van der Waals surface area (Å²) in [5, 5.41) is 0.381. The van der Waals surface area contributed by atoms with E-state index in [0.717, 1.165) is 0 Å². The highest BCUT2D eigenvalue weighted by molar-refractivity contribution is 7.89. The number of hydrogen-bond acceptors (Lipinski definition) is 3. The van der Waals surface area contributed by atoms with Crippen LogP contribution >= 0.6 is 23.2 Å². The SMILES string of the molecule is CCNS(=O)(=O)c1cc(Cl)c(Cl)cc1N. The van der Waals surface area contributed by atoms with E-state index in [4.69, 9.17) is 28.9 Å². The van der Waals surface area contributed by atoms with E-state index >= 15 is 0 Å². The molecule has 0 aromatic heterocycles. The fraction of sp³-hybridized carbons (Fsp3) is 0.250. The van der Waals surface area contributed by atoms with Gasteiger partial charge in [0, 0.05) is 6.54 Å². The first-order valence-corrected chi connectivity index (χ1v) is 6.36. The first-order chi connectivity index (χ1) is 6.88. The number of sulfonamides is 1.